The number of nitrogens with one attached hydrogen (secondary N) is 1. The Hall–Kier alpha value is -2.90. The lowest BCUT2D eigenvalue weighted by atomic mass is 10.2. The van der Waals surface area contributed by atoms with Crippen LogP contribution in [0.1, 0.15) is 26.4 Å². The van der Waals surface area contributed by atoms with Crippen molar-refractivity contribution in [1.82, 2.24) is 0 Å². The number of nitro groups is 1. The molecule has 8 heteroatoms. The average molecular weight is 417 g/mol. The van der Waals surface area contributed by atoms with E-state index in [-0.39, 0.29) is 18.0 Å². The molecule has 0 aliphatic rings. The second-order valence-electron chi connectivity index (χ2n) is 6.27. The molecule has 0 aliphatic heterocycles. The highest BCUT2D eigenvalue weighted by Gasteiger charge is 2.18. The Kier molecular flexibility index (Phi) is 5.96. The lowest BCUT2D eigenvalue weighted by molar-refractivity contribution is -0.384. The summed E-state index contributed by atoms with van der Waals surface area (Å²) in [6.45, 7) is 3.96. The van der Waals surface area contributed by atoms with Crippen LogP contribution in [0.15, 0.2) is 47.8 Å². The van der Waals surface area contributed by atoms with Crippen molar-refractivity contribution in [3.8, 4) is 5.75 Å². The van der Waals surface area contributed by atoms with Gasteiger partial charge in [0.25, 0.3) is 11.6 Å². The van der Waals surface area contributed by atoms with Crippen LogP contribution in [0, 0.1) is 24.0 Å². The fourth-order valence-corrected chi connectivity index (χ4v) is 3.50. The zero-order valence-electron chi connectivity index (χ0n) is 15.2. The first-order valence-corrected chi connectivity index (χ1v) is 9.62. The molecule has 28 heavy (non-hydrogen) atoms. The number of carbonyl (C=O) groups excluding carboxylic acids is 1. The molecule has 0 saturated heterocycles. The smallest absolute Gasteiger partial charge is 0.293 e. The van der Waals surface area contributed by atoms with Gasteiger partial charge in [0.15, 0.2) is 0 Å². The van der Waals surface area contributed by atoms with E-state index in [2.05, 4.69) is 5.32 Å². The minimum atomic E-state index is -0.512. The summed E-state index contributed by atoms with van der Waals surface area (Å²) < 4.78 is 5.73. The number of thiophene rings is 1. The van der Waals surface area contributed by atoms with Gasteiger partial charge in [-0.3, -0.25) is 14.9 Å². The summed E-state index contributed by atoms with van der Waals surface area (Å²) in [5.74, 6) is 0.172. The van der Waals surface area contributed by atoms with Gasteiger partial charge in [-0.1, -0.05) is 23.7 Å². The summed E-state index contributed by atoms with van der Waals surface area (Å²) in [4.78, 5) is 23.6. The van der Waals surface area contributed by atoms with Gasteiger partial charge in [0.05, 0.1) is 14.8 Å². The number of anilines is 1. The quantitative estimate of drug-likeness (QED) is 0.409. The molecule has 1 N–H and O–H groups in total. The van der Waals surface area contributed by atoms with Crippen molar-refractivity contribution >= 4 is 40.2 Å². The molecule has 1 amide bonds. The number of amides is 1. The molecule has 0 atom stereocenters. The number of rotatable bonds is 6. The molecular formula is C20H17ClN2O4S. The normalized spacial score (nSPS) is 10.5. The van der Waals surface area contributed by atoms with Gasteiger partial charge in [0.1, 0.15) is 18.0 Å². The SMILES string of the molecule is Cc1ccc(Cl)c(OCc2csc(C(=O)Nc3ccc(C)cc3[N+](=O)[O-])c2)c1. The largest absolute Gasteiger partial charge is 0.487 e. The Morgan fingerprint density at radius 1 is 1.18 bits per heavy atom. The first kappa shape index (κ1) is 19.9. The molecule has 0 radical (unpaired) electrons. The van der Waals surface area contributed by atoms with Crippen molar-refractivity contribution in [2.45, 2.75) is 20.5 Å². The lowest BCUT2D eigenvalue weighted by Crippen LogP contribution is -2.11. The van der Waals surface area contributed by atoms with Crippen LogP contribution < -0.4 is 10.1 Å². The van der Waals surface area contributed by atoms with Crippen molar-refractivity contribution in [3.05, 3.63) is 84.5 Å². The van der Waals surface area contributed by atoms with Gasteiger partial charge in [-0.2, -0.15) is 0 Å². The molecule has 2 aromatic carbocycles. The van der Waals surface area contributed by atoms with Crippen LogP contribution >= 0.6 is 22.9 Å². The van der Waals surface area contributed by atoms with Crippen molar-refractivity contribution < 1.29 is 14.5 Å². The van der Waals surface area contributed by atoms with E-state index in [0.717, 1.165) is 16.7 Å². The summed E-state index contributed by atoms with van der Waals surface area (Å²) in [6, 6.07) is 11.9. The first-order valence-electron chi connectivity index (χ1n) is 8.36. The maximum atomic E-state index is 12.5. The van der Waals surface area contributed by atoms with Gasteiger partial charge in [-0.15, -0.1) is 11.3 Å². The number of hydrogen-bond acceptors (Lipinski definition) is 5. The molecule has 0 saturated carbocycles. The third-order valence-electron chi connectivity index (χ3n) is 3.96. The van der Waals surface area contributed by atoms with Crippen LogP contribution in [0.3, 0.4) is 0 Å². The number of hydrogen-bond donors (Lipinski definition) is 1. The molecule has 1 aromatic heterocycles. The molecule has 1 heterocycles. The zero-order valence-corrected chi connectivity index (χ0v) is 16.8. The van der Waals surface area contributed by atoms with E-state index >= 15 is 0 Å². The highest BCUT2D eigenvalue weighted by atomic mass is 35.5. The summed E-state index contributed by atoms with van der Waals surface area (Å²) in [6.07, 6.45) is 0. The van der Waals surface area contributed by atoms with E-state index in [1.54, 1.807) is 25.1 Å². The summed E-state index contributed by atoms with van der Waals surface area (Å²) in [5.41, 5.74) is 2.62. The van der Waals surface area contributed by atoms with Gasteiger partial charge in [-0.25, -0.2) is 0 Å². The number of halogens is 1. The maximum absolute atomic E-state index is 12.5. The fraction of sp³-hybridized carbons (Fsp3) is 0.150. The average Bonchev–Trinajstić information content (AvgIpc) is 3.13. The molecule has 0 unspecified atom stereocenters. The summed E-state index contributed by atoms with van der Waals surface area (Å²) in [5, 5.41) is 16.1. The van der Waals surface area contributed by atoms with Crippen LogP contribution in [-0.4, -0.2) is 10.8 Å². The minimum absolute atomic E-state index is 0.137. The van der Waals surface area contributed by atoms with Gasteiger partial charge in [0.2, 0.25) is 0 Å². The number of carbonyl (C=O) groups is 1. The van der Waals surface area contributed by atoms with Crippen molar-refractivity contribution in [1.29, 1.82) is 0 Å². The molecule has 0 bridgehead atoms. The second-order valence-corrected chi connectivity index (χ2v) is 7.59. The van der Waals surface area contributed by atoms with Crippen LogP contribution in [0.25, 0.3) is 0 Å². The van der Waals surface area contributed by atoms with Gasteiger partial charge < -0.3 is 10.1 Å². The van der Waals surface area contributed by atoms with Crippen molar-refractivity contribution in [3.63, 3.8) is 0 Å². The van der Waals surface area contributed by atoms with Gasteiger partial charge in [0, 0.05) is 11.6 Å². The van der Waals surface area contributed by atoms with Crippen molar-refractivity contribution in [2.75, 3.05) is 5.32 Å². The number of ether oxygens (including phenoxy) is 1. The van der Waals surface area contributed by atoms with E-state index in [0.29, 0.717) is 15.6 Å². The number of aryl methyl sites for hydroxylation is 2. The number of nitrogens with zero attached hydrogens (tertiary/aromatic N) is 1. The number of benzene rings is 2. The van der Waals surface area contributed by atoms with Gasteiger partial charge in [-0.05, 0) is 54.6 Å². The van der Waals surface area contributed by atoms with Crippen LogP contribution in [0.2, 0.25) is 5.02 Å². The predicted octanol–water partition coefficient (Wildman–Crippen LogP) is 5.76. The predicted molar refractivity (Wildman–Crippen MR) is 111 cm³/mol. The Morgan fingerprint density at radius 3 is 2.64 bits per heavy atom. The third kappa shape index (κ3) is 4.68. The maximum Gasteiger partial charge on any atom is 0.293 e. The molecule has 0 aliphatic carbocycles. The van der Waals surface area contributed by atoms with E-state index < -0.39 is 10.8 Å². The van der Waals surface area contributed by atoms with E-state index in [1.807, 2.05) is 24.4 Å². The second kappa shape index (κ2) is 8.41. The Labute approximate surface area is 170 Å². The Morgan fingerprint density at radius 2 is 1.89 bits per heavy atom. The highest BCUT2D eigenvalue weighted by molar-refractivity contribution is 7.12. The monoisotopic (exact) mass is 416 g/mol. The molecule has 3 aromatic rings. The molecule has 0 fully saturated rings. The lowest BCUT2D eigenvalue weighted by Gasteiger charge is -2.07. The van der Waals surface area contributed by atoms with Gasteiger partial charge >= 0.3 is 0 Å². The zero-order chi connectivity index (χ0) is 20.3. The Bertz CT molecular complexity index is 1050. The minimum Gasteiger partial charge on any atom is -0.487 e. The molecular weight excluding hydrogens is 400 g/mol. The standard InChI is InChI=1S/C20H17ClN2O4S/c1-12-4-6-16(17(7-12)23(25)26)22-20(24)19-9-14(11-28-19)10-27-18-8-13(2)3-5-15(18)21/h3-9,11H,10H2,1-2H3,(H,22,24). The van der Waals surface area contributed by atoms with Crippen LogP contribution in [0.5, 0.6) is 5.75 Å². The molecule has 0 spiro atoms. The van der Waals surface area contributed by atoms with E-state index in [9.17, 15) is 14.9 Å². The first-order chi connectivity index (χ1) is 13.3. The molecule has 3 rings (SSSR count). The Balaban J connectivity index is 1.69. The topological polar surface area (TPSA) is 81.5 Å². The third-order valence-corrected chi connectivity index (χ3v) is 5.25. The van der Waals surface area contributed by atoms with E-state index in [1.165, 1.54) is 23.5 Å². The van der Waals surface area contributed by atoms with Crippen molar-refractivity contribution in [2.24, 2.45) is 0 Å². The van der Waals surface area contributed by atoms with Crippen LogP contribution in [0.4, 0.5) is 11.4 Å². The number of nitro benzene ring substituents is 1. The van der Waals surface area contributed by atoms with E-state index in [4.69, 9.17) is 16.3 Å². The molecule has 6 nitrogen and oxygen atoms in total. The fourth-order valence-electron chi connectivity index (χ4n) is 2.53. The highest BCUT2D eigenvalue weighted by Crippen LogP contribution is 2.28. The molecule has 144 valence electrons. The van der Waals surface area contributed by atoms with Crippen LogP contribution in [-0.2, 0) is 6.61 Å². The summed E-state index contributed by atoms with van der Waals surface area (Å²) in [7, 11) is 0. The summed E-state index contributed by atoms with van der Waals surface area (Å²) >= 11 is 7.36.